The fraction of sp³-hybridized carbons (Fsp3) is 0.105. The first-order valence-electron chi connectivity index (χ1n) is 7.73. The molecular formula is C19H17N3O3. The number of carbonyl (C=O) groups is 1. The van der Waals surface area contributed by atoms with E-state index in [4.69, 9.17) is 9.47 Å². The number of aromatic nitrogens is 2. The number of hydrogen-bond acceptors (Lipinski definition) is 5. The molecule has 0 saturated carbocycles. The van der Waals surface area contributed by atoms with Crippen molar-refractivity contribution in [1.82, 2.24) is 9.97 Å². The Morgan fingerprint density at radius 1 is 0.960 bits per heavy atom. The minimum Gasteiger partial charge on any atom is -0.484 e. The van der Waals surface area contributed by atoms with Crippen molar-refractivity contribution >= 4 is 11.6 Å². The van der Waals surface area contributed by atoms with Crippen LogP contribution in [0.3, 0.4) is 0 Å². The molecule has 0 atom stereocenters. The van der Waals surface area contributed by atoms with Gasteiger partial charge in [-0.1, -0.05) is 35.9 Å². The number of nitrogens with zero attached hydrogens (tertiary/aromatic N) is 2. The molecule has 0 aliphatic carbocycles. The lowest BCUT2D eigenvalue weighted by atomic mass is 10.2. The Balaban J connectivity index is 1.50. The minimum absolute atomic E-state index is 0.0919. The van der Waals surface area contributed by atoms with Gasteiger partial charge in [0.25, 0.3) is 5.91 Å². The molecule has 126 valence electrons. The van der Waals surface area contributed by atoms with Gasteiger partial charge in [0, 0.05) is 0 Å². The maximum Gasteiger partial charge on any atom is 0.322 e. The fourth-order valence-electron chi connectivity index (χ4n) is 2.01. The van der Waals surface area contributed by atoms with E-state index in [9.17, 15) is 4.79 Å². The van der Waals surface area contributed by atoms with E-state index in [0.717, 1.165) is 5.56 Å². The van der Waals surface area contributed by atoms with Gasteiger partial charge in [0.05, 0.1) is 18.1 Å². The summed E-state index contributed by atoms with van der Waals surface area (Å²) in [6.45, 7) is 1.90. The second kappa shape index (κ2) is 7.92. The minimum atomic E-state index is -0.291. The van der Waals surface area contributed by atoms with E-state index >= 15 is 0 Å². The Hall–Kier alpha value is -3.41. The lowest BCUT2D eigenvalue weighted by Crippen LogP contribution is -2.20. The van der Waals surface area contributed by atoms with Crippen molar-refractivity contribution in [1.29, 1.82) is 0 Å². The van der Waals surface area contributed by atoms with Crippen LogP contribution in [0.4, 0.5) is 5.69 Å². The number of hydrogen-bond donors (Lipinski definition) is 1. The highest BCUT2D eigenvalue weighted by atomic mass is 16.5. The molecule has 0 aliphatic heterocycles. The average molecular weight is 335 g/mol. The van der Waals surface area contributed by atoms with Crippen molar-refractivity contribution in [3.05, 3.63) is 72.6 Å². The van der Waals surface area contributed by atoms with Gasteiger partial charge in [-0.2, -0.15) is 0 Å². The summed E-state index contributed by atoms with van der Waals surface area (Å²) in [5.74, 6) is 0.996. The topological polar surface area (TPSA) is 73.3 Å². The molecule has 1 N–H and O–H groups in total. The van der Waals surface area contributed by atoms with Crippen molar-refractivity contribution in [2.75, 3.05) is 11.9 Å². The van der Waals surface area contributed by atoms with Gasteiger partial charge < -0.3 is 14.8 Å². The number of rotatable bonds is 6. The summed E-state index contributed by atoms with van der Waals surface area (Å²) in [5.41, 5.74) is 1.60. The zero-order valence-corrected chi connectivity index (χ0v) is 13.7. The Labute approximate surface area is 145 Å². The molecule has 0 radical (unpaired) electrons. The van der Waals surface area contributed by atoms with E-state index in [2.05, 4.69) is 15.3 Å². The molecule has 0 fully saturated rings. The number of para-hydroxylation sites is 1. The van der Waals surface area contributed by atoms with Crippen LogP contribution in [-0.2, 0) is 4.79 Å². The van der Waals surface area contributed by atoms with Gasteiger partial charge in [0.15, 0.2) is 6.61 Å². The standard InChI is InChI=1S/C19H17N3O3/c1-14-7-9-16(10-8-14)24-13-18(23)22-15-11-20-19(21-12-15)25-17-5-3-2-4-6-17/h2-12H,13H2,1H3,(H,22,23). The van der Waals surface area contributed by atoms with Gasteiger partial charge in [-0.05, 0) is 31.2 Å². The van der Waals surface area contributed by atoms with Gasteiger partial charge in [0.2, 0.25) is 0 Å². The molecule has 6 heteroatoms. The lowest BCUT2D eigenvalue weighted by Gasteiger charge is -2.08. The molecule has 1 amide bonds. The molecule has 0 saturated heterocycles. The average Bonchev–Trinajstić information content (AvgIpc) is 2.64. The van der Waals surface area contributed by atoms with Crippen LogP contribution in [-0.4, -0.2) is 22.5 Å². The first kappa shape index (κ1) is 16.4. The number of anilines is 1. The Bertz CT molecular complexity index is 819. The van der Waals surface area contributed by atoms with E-state index in [0.29, 0.717) is 17.2 Å². The second-order valence-electron chi connectivity index (χ2n) is 5.32. The van der Waals surface area contributed by atoms with Gasteiger partial charge >= 0.3 is 6.01 Å². The van der Waals surface area contributed by atoms with Crippen LogP contribution in [0.15, 0.2) is 67.0 Å². The third-order valence-corrected chi connectivity index (χ3v) is 3.26. The largest absolute Gasteiger partial charge is 0.484 e. The first-order chi connectivity index (χ1) is 12.2. The molecule has 0 aliphatic rings. The molecule has 3 rings (SSSR count). The molecule has 0 bridgehead atoms. The van der Waals surface area contributed by atoms with Crippen molar-refractivity contribution in [2.45, 2.75) is 6.92 Å². The maximum absolute atomic E-state index is 11.9. The Morgan fingerprint density at radius 2 is 1.64 bits per heavy atom. The quantitative estimate of drug-likeness (QED) is 0.745. The van der Waals surface area contributed by atoms with Gasteiger partial charge in [-0.15, -0.1) is 0 Å². The van der Waals surface area contributed by atoms with Crippen LogP contribution >= 0.6 is 0 Å². The lowest BCUT2D eigenvalue weighted by molar-refractivity contribution is -0.118. The summed E-state index contributed by atoms with van der Waals surface area (Å²) < 4.78 is 10.9. The smallest absolute Gasteiger partial charge is 0.322 e. The number of aryl methyl sites for hydroxylation is 1. The summed E-state index contributed by atoms with van der Waals surface area (Å²) in [4.78, 5) is 20.0. The maximum atomic E-state index is 11.9. The van der Waals surface area contributed by atoms with Crippen LogP contribution in [0.5, 0.6) is 17.5 Å². The predicted octanol–water partition coefficient (Wildman–Crippen LogP) is 3.59. The van der Waals surface area contributed by atoms with E-state index in [1.807, 2.05) is 61.5 Å². The number of amides is 1. The molecule has 3 aromatic rings. The number of benzene rings is 2. The van der Waals surface area contributed by atoms with Gasteiger partial charge in [-0.3, -0.25) is 4.79 Å². The van der Waals surface area contributed by atoms with Crippen molar-refractivity contribution in [3.63, 3.8) is 0 Å². The third-order valence-electron chi connectivity index (χ3n) is 3.26. The fourth-order valence-corrected chi connectivity index (χ4v) is 2.01. The molecule has 1 heterocycles. The number of ether oxygens (including phenoxy) is 2. The third kappa shape index (κ3) is 5.04. The van der Waals surface area contributed by atoms with Gasteiger partial charge in [0.1, 0.15) is 11.5 Å². The highest BCUT2D eigenvalue weighted by Gasteiger charge is 2.06. The Kier molecular flexibility index (Phi) is 5.21. The normalized spacial score (nSPS) is 10.1. The molecule has 2 aromatic carbocycles. The van der Waals surface area contributed by atoms with Crippen molar-refractivity contribution in [3.8, 4) is 17.5 Å². The van der Waals surface area contributed by atoms with Crippen LogP contribution in [0.25, 0.3) is 0 Å². The van der Waals surface area contributed by atoms with Crippen molar-refractivity contribution in [2.24, 2.45) is 0 Å². The summed E-state index contributed by atoms with van der Waals surface area (Å²) in [7, 11) is 0. The Morgan fingerprint density at radius 3 is 2.32 bits per heavy atom. The summed E-state index contributed by atoms with van der Waals surface area (Å²) in [6.07, 6.45) is 2.96. The van der Waals surface area contributed by atoms with Crippen LogP contribution in [0.2, 0.25) is 0 Å². The van der Waals surface area contributed by atoms with E-state index in [1.165, 1.54) is 12.4 Å². The molecular weight excluding hydrogens is 318 g/mol. The molecule has 6 nitrogen and oxygen atoms in total. The van der Waals surface area contributed by atoms with Crippen LogP contribution in [0, 0.1) is 6.92 Å². The monoisotopic (exact) mass is 335 g/mol. The molecule has 0 unspecified atom stereocenters. The SMILES string of the molecule is Cc1ccc(OCC(=O)Nc2cnc(Oc3ccccc3)nc2)cc1. The highest BCUT2D eigenvalue weighted by molar-refractivity contribution is 5.91. The van der Waals surface area contributed by atoms with Crippen LogP contribution < -0.4 is 14.8 Å². The zero-order chi connectivity index (χ0) is 17.5. The number of nitrogens with one attached hydrogen (secondary N) is 1. The number of carbonyl (C=O) groups excluding carboxylic acids is 1. The van der Waals surface area contributed by atoms with E-state index in [-0.39, 0.29) is 18.5 Å². The molecule has 0 spiro atoms. The summed E-state index contributed by atoms with van der Waals surface area (Å²) >= 11 is 0. The van der Waals surface area contributed by atoms with Crippen LogP contribution in [0.1, 0.15) is 5.56 Å². The highest BCUT2D eigenvalue weighted by Crippen LogP contribution is 2.17. The van der Waals surface area contributed by atoms with E-state index < -0.39 is 0 Å². The summed E-state index contributed by atoms with van der Waals surface area (Å²) in [5, 5.41) is 2.67. The predicted molar refractivity (Wildman–Crippen MR) is 93.9 cm³/mol. The molecule has 1 aromatic heterocycles. The van der Waals surface area contributed by atoms with E-state index in [1.54, 1.807) is 0 Å². The first-order valence-corrected chi connectivity index (χ1v) is 7.73. The summed E-state index contributed by atoms with van der Waals surface area (Å²) in [6, 6.07) is 16.9. The van der Waals surface area contributed by atoms with Gasteiger partial charge in [-0.25, -0.2) is 9.97 Å². The molecule has 25 heavy (non-hydrogen) atoms. The zero-order valence-electron chi connectivity index (χ0n) is 13.7. The second-order valence-corrected chi connectivity index (χ2v) is 5.32. The van der Waals surface area contributed by atoms with Crippen molar-refractivity contribution < 1.29 is 14.3 Å².